The summed E-state index contributed by atoms with van der Waals surface area (Å²) in [5.41, 5.74) is 0.763. The Morgan fingerprint density at radius 2 is 2.23 bits per heavy atom. The van der Waals surface area contributed by atoms with Gasteiger partial charge in [0.25, 0.3) is 12.3 Å². The van der Waals surface area contributed by atoms with Crippen LogP contribution in [0, 0.1) is 0 Å². The number of likely N-dealkylation sites (tertiary alicyclic amines) is 1. The van der Waals surface area contributed by atoms with Gasteiger partial charge in [-0.3, -0.25) is 9.20 Å². The van der Waals surface area contributed by atoms with Crippen LogP contribution in [-0.4, -0.2) is 50.5 Å². The van der Waals surface area contributed by atoms with E-state index in [0.29, 0.717) is 30.1 Å². The molecule has 3 aromatic rings. The van der Waals surface area contributed by atoms with Crippen molar-refractivity contribution in [2.75, 3.05) is 13.2 Å². The number of pyridine rings is 1. The van der Waals surface area contributed by atoms with E-state index in [-0.39, 0.29) is 29.3 Å². The van der Waals surface area contributed by atoms with E-state index in [0.717, 1.165) is 6.42 Å². The van der Waals surface area contributed by atoms with Crippen molar-refractivity contribution >= 4 is 11.6 Å². The Labute approximate surface area is 146 Å². The first-order valence-corrected chi connectivity index (χ1v) is 8.22. The van der Waals surface area contributed by atoms with Crippen molar-refractivity contribution in [3.8, 4) is 11.3 Å². The van der Waals surface area contributed by atoms with Crippen LogP contribution >= 0.6 is 0 Å². The number of amides is 1. The van der Waals surface area contributed by atoms with Gasteiger partial charge in [-0.1, -0.05) is 0 Å². The molecule has 0 saturated carbocycles. The summed E-state index contributed by atoms with van der Waals surface area (Å²) in [5.74, 6) is 0.0824. The molecular formula is C17H14F2N4O3. The monoisotopic (exact) mass is 360 g/mol. The fraction of sp³-hybridized carbons (Fsp3) is 0.353. The van der Waals surface area contributed by atoms with Crippen LogP contribution in [0.25, 0.3) is 17.0 Å². The molecule has 3 aromatic heterocycles. The van der Waals surface area contributed by atoms with E-state index in [9.17, 15) is 13.6 Å². The maximum atomic E-state index is 13.4. The highest BCUT2D eigenvalue weighted by Gasteiger charge is 2.42. The van der Waals surface area contributed by atoms with Crippen LogP contribution in [0.4, 0.5) is 8.78 Å². The summed E-state index contributed by atoms with van der Waals surface area (Å²) in [6.07, 6.45) is 3.50. The van der Waals surface area contributed by atoms with Crippen LogP contribution in [0.2, 0.25) is 0 Å². The Morgan fingerprint density at radius 1 is 1.35 bits per heavy atom. The minimum Gasteiger partial charge on any atom is -0.443 e. The first-order chi connectivity index (χ1) is 12.6. The predicted octanol–water partition coefficient (Wildman–Crippen LogP) is 2.54. The quantitative estimate of drug-likeness (QED) is 0.718. The summed E-state index contributed by atoms with van der Waals surface area (Å²) in [5, 5.41) is 0. The summed E-state index contributed by atoms with van der Waals surface area (Å²) in [6, 6.07) is 1.35. The van der Waals surface area contributed by atoms with Gasteiger partial charge in [-0.2, -0.15) is 0 Å². The molecule has 134 valence electrons. The zero-order valence-electron chi connectivity index (χ0n) is 13.5. The molecule has 2 aliphatic heterocycles. The molecule has 0 N–H and O–H groups in total. The van der Waals surface area contributed by atoms with Gasteiger partial charge in [0.15, 0.2) is 12.2 Å². The third-order valence-corrected chi connectivity index (χ3v) is 4.96. The molecule has 0 spiro atoms. The molecule has 0 aromatic carbocycles. The van der Waals surface area contributed by atoms with Gasteiger partial charge in [0, 0.05) is 18.3 Å². The molecular weight excluding hydrogens is 346 g/mol. The van der Waals surface area contributed by atoms with Crippen LogP contribution in [0.3, 0.4) is 0 Å². The van der Waals surface area contributed by atoms with Gasteiger partial charge >= 0.3 is 0 Å². The molecule has 2 fully saturated rings. The van der Waals surface area contributed by atoms with E-state index in [1.807, 2.05) is 0 Å². The Balaban J connectivity index is 1.64. The number of aromatic nitrogens is 3. The van der Waals surface area contributed by atoms with Gasteiger partial charge in [0.05, 0.1) is 36.7 Å². The summed E-state index contributed by atoms with van der Waals surface area (Å²) >= 11 is 0. The largest absolute Gasteiger partial charge is 0.443 e. The van der Waals surface area contributed by atoms with Gasteiger partial charge in [-0.05, 0) is 12.5 Å². The molecule has 26 heavy (non-hydrogen) atoms. The zero-order chi connectivity index (χ0) is 17.8. The lowest BCUT2D eigenvalue weighted by Crippen LogP contribution is -2.41. The molecule has 2 atom stereocenters. The van der Waals surface area contributed by atoms with Gasteiger partial charge in [-0.15, -0.1) is 0 Å². The van der Waals surface area contributed by atoms with Crippen LogP contribution in [0.1, 0.15) is 28.9 Å². The van der Waals surface area contributed by atoms with Crippen molar-refractivity contribution in [3.05, 3.63) is 42.3 Å². The number of carbonyl (C=O) groups is 1. The average Bonchev–Trinajstić information content (AvgIpc) is 3.43. The van der Waals surface area contributed by atoms with Gasteiger partial charge in [0.1, 0.15) is 11.3 Å². The third-order valence-electron chi connectivity index (χ3n) is 4.96. The second kappa shape index (κ2) is 5.60. The highest BCUT2D eigenvalue weighted by atomic mass is 19.3. The molecule has 0 aliphatic carbocycles. The van der Waals surface area contributed by atoms with Crippen molar-refractivity contribution in [1.82, 2.24) is 19.3 Å². The SMILES string of the molecule is O=C(c1cnc2c(-c3cnco3)cc(C(F)F)cn12)N1C[C@@H]2C[C@H]1CO2. The van der Waals surface area contributed by atoms with Gasteiger partial charge in [-0.25, -0.2) is 18.7 Å². The molecule has 2 bridgehead atoms. The molecule has 1 amide bonds. The Kier molecular flexibility index (Phi) is 3.33. The van der Waals surface area contributed by atoms with Gasteiger partial charge < -0.3 is 14.1 Å². The van der Waals surface area contributed by atoms with E-state index in [1.54, 1.807) is 4.90 Å². The maximum absolute atomic E-state index is 13.4. The second-order valence-electron chi connectivity index (χ2n) is 6.49. The van der Waals surface area contributed by atoms with Crippen molar-refractivity contribution in [1.29, 1.82) is 0 Å². The Bertz CT molecular complexity index is 985. The standard InChI is InChI=1S/C17H14F2N4O3/c18-15(19)9-1-12(14-4-20-8-26-14)16-21-3-13(23(16)5-9)17(24)22-6-11-2-10(22)7-25-11/h1,3-5,8,10-11,15H,2,6-7H2/t10-,11-/m0/s1. The summed E-state index contributed by atoms with van der Waals surface area (Å²) in [7, 11) is 0. The minimum atomic E-state index is -2.69. The molecule has 0 radical (unpaired) electrons. The van der Waals surface area contributed by atoms with Crippen molar-refractivity contribution in [2.24, 2.45) is 0 Å². The third kappa shape index (κ3) is 2.23. The van der Waals surface area contributed by atoms with Crippen LogP contribution < -0.4 is 0 Å². The van der Waals surface area contributed by atoms with Crippen LogP contribution in [-0.2, 0) is 4.74 Å². The van der Waals surface area contributed by atoms with Crippen LogP contribution in [0.5, 0.6) is 0 Å². The second-order valence-corrected chi connectivity index (χ2v) is 6.49. The zero-order valence-corrected chi connectivity index (χ0v) is 13.5. The Hall–Kier alpha value is -2.81. The van der Waals surface area contributed by atoms with E-state index >= 15 is 0 Å². The van der Waals surface area contributed by atoms with Crippen molar-refractivity contribution < 1.29 is 22.7 Å². The number of fused-ring (bicyclic) bond motifs is 3. The fourth-order valence-electron chi connectivity index (χ4n) is 3.71. The predicted molar refractivity (Wildman–Crippen MR) is 84.8 cm³/mol. The highest BCUT2D eigenvalue weighted by molar-refractivity contribution is 5.94. The number of nitrogens with zero attached hydrogens (tertiary/aromatic N) is 4. The van der Waals surface area contributed by atoms with Crippen molar-refractivity contribution in [3.63, 3.8) is 0 Å². The molecule has 2 saturated heterocycles. The number of carbonyl (C=O) groups excluding carboxylic acids is 1. The van der Waals surface area contributed by atoms with Gasteiger partial charge in [0.2, 0.25) is 0 Å². The van der Waals surface area contributed by atoms with E-state index < -0.39 is 6.43 Å². The molecule has 5 heterocycles. The Morgan fingerprint density at radius 3 is 2.88 bits per heavy atom. The number of ether oxygens (including phenoxy) is 1. The molecule has 0 unspecified atom stereocenters. The summed E-state index contributed by atoms with van der Waals surface area (Å²) < 4.78 is 39.0. The number of alkyl halides is 2. The number of imidazole rings is 1. The maximum Gasteiger partial charge on any atom is 0.272 e. The fourth-order valence-corrected chi connectivity index (χ4v) is 3.71. The molecule has 2 aliphatic rings. The average molecular weight is 360 g/mol. The van der Waals surface area contributed by atoms with Crippen LogP contribution in [0.15, 0.2) is 35.5 Å². The lowest BCUT2D eigenvalue weighted by atomic mass is 10.1. The number of morpholine rings is 1. The molecule has 7 nitrogen and oxygen atoms in total. The van der Waals surface area contributed by atoms with Crippen molar-refractivity contribution in [2.45, 2.75) is 25.0 Å². The molecule has 9 heteroatoms. The van der Waals surface area contributed by atoms with E-state index in [4.69, 9.17) is 9.15 Å². The lowest BCUT2D eigenvalue weighted by molar-refractivity contribution is 0.0255. The lowest BCUT2D eigenvalue weighted by Gasteiger charge is -2.26. The number of hydrogen-bond donors (Lipinski definition) is 0. The topological polar surface area (TPSA) is 72.9 Å². The summed E-state index contributed by atoms with van der Waals surface area (Å²) in [4.78, 5) is 22.8. The first kappa shape index (κ1) is 15.4. The number of oxazole rings is 1. The first-order valence-electron chi connectivity index (χ1n) is 8.22. The highest BCUT2D eigenvalue weighted by Crippen LogP contribution is 2.32. The normalized spacial score (nSPS) is 22.0. The van der Waals surface area contributed by atoms with E-state index in [1.165, 1.54) is 35.5 Å². The van der Waals surface area contributed by atoms with E-state index in [2.05, 4.69) is 9.97 Å². The number of hydrogen-bond acceptors (Lipinski definition) is 5. The smallest absolute Gasteiger partial charge is 0.272 e. The number of rotatable bonds is 3. The molecule has 5 rings (SSSR count). The minimum absolute atomic E-state index is 0.0325. The number of halogens is 2. The summed E-state index contributed by atoms with van der Waals surface area (Å²) in [6.45, 7) is 1.03.